The van der Waals surface area contributed by atoms with Crippen molar-refractivity contribution >= 4 is 33.5 Å². The maximum absolute atomic E-state index is 12.5. The first kappa shape index (κ1) is 17.8. The van der Waals surface area contributed by atoms with Gasteiger partial charge >= 0.3 is 0 Å². The van der Waals surface area contributed by atoms with Crippen LogP contribution in [0.1, 0.15) is 0 Å². The lowest BCUT2D eigenvalue weighted by atomic mass is 10.3. The van der Waals surface area contributed by atoms with Gasteiger partial charge in [-0.1, -0.05) is 29.5 Å². The van der Waals surface area contributed by atoms with Crippen molar-refractivity contribution < 1.29 is 4.74 Å². The van der Waals surface area contributed by atoms with Crippen molar-refractivity contribution in [2.24, 2.45) is 0 Å². The molecule has 0 saturated carbocycles. The van der Waals surface area contributed by atoms with Crippen LogP contribution in [0.4, 0.5) is 11.1 Å². The number of fused-ring (bicyclic) bond motifs is 1. The third-order valence-electron chi connectivity index (χ3n) is 4.69. The minimum absolute atomic E-state index is 0.0623. The fourth-order valence-corrected chi connectivity index (χ4v) is 3.89. The molecule has 0 bridgehead atoms. The Labute approximate surface area is 169 Å². The zero-order valence-electron chi connectivity index (χ0n) is 15.4. The molecule has 10 nitrogen and oxygen atoms in total. The topological polar surface area (TPSA) is 114 Å². The van der Waals surface area contributed by atoms with Crippen LogP contribution >= 0.6 is 11.3 Å². The van der Waals surface area contributed by atoms with Gasteiger partial charge in [-0.3, -0.25) is 9.78 Å². The van der Waals surface area contributed by atoms with Crippen LogP contribution in [-0.2, 0) is 4.74 Å². The monoisotopic (exact) mass is 410 g/mol. The molecule has 1 atom stereocenters. The summed E-state index contributed by atoms with van der Waals surface area (Å²) in [4.78, 5) is 22.0. The summed E-state index contributed by atoms with van der Waals surface area (Å²) in [7, 11) is 0. The predicted molar refractivity (Wildman–Crippen MR) is 110 cm³/mol. The number of aromatic nitrogens is 6. The van der Waals surface area contributed by atoms with E-state index in [1.165, 1.54) is 17.5 Å². The first-order chi connectivity index (χ1) is 14.3. The molecule has 11 heteroatoms. The first-order valence-electron chi connectivity index (χ1n) is 9.18. The second-order valence-corrected chi connectivity index (χ2v) is 7.40. The van der Waals surface area contributed by atoms with E-state index in [9.17, 15) is 4.79 Å². The van der Waals surface area contributed by atoms with Crippen LogP contribution in [-0.4, -0.2) is 62.3 Å². The minimum Gasteiger partial charge on any atom is -0.373 e. The molecule has 3 aromatic heterocycles. The number of hydrogen-bond donors (Lipinski definition) is 2. The molecular formula is C18H18N8O2S. The van der Waals surface area contributed by atoms with Gasteiger partial charge in [-0.25, -0.2) is 4.68 Å². The van der Waals surface area contributed by atoms with Gasteiger partial charge in [0.05, 0.1) is 24.6 Å². The Bertz CT molecular complexity index is 1160. The fourth-order valence-electron chi connectivity index (χ4n) is 3.29. The Morgan fingerprint density at radius 1 is 1.31 bits per heavy atom. The fraction of sp³-hybridized carbons (Fsp3) is 0.278. The van der Waals surface area contributed by atoms with Gasteiger partial charge in [-0.2, -0.15) is 10.1 Å². The zero-order valence-corrected chi connectivity index (χ0v) is 16.2. The summed E-state index contributed by atoms with van der Waals surface area (Å²) in [6, 6.07) is 9.59. The third kappa shape index (κ3) is 3.57. The molecule has 2 N–H and O–H groups in total. The van der Waals surface area contributed by atoms with Crippen molar-refractivity contribution in [3.8, 4) is 5.69 Å². The van der Waals surface area contributed by atoms with Crippen molar-refractivity contribution in [1.29, 1.82) is 0 Å². The average Bonchev–Trinajstić information content (AvgIpc) is 3.44. The second kappa shape index (κ2) is 7.60. The van der Waals surface area contributed by atoms with Gasteiger partial charge in [-0.05, 0) is 12.1 Å². The second-order valence-electron chi connectivity index (χ2n) is 6.58. The number of para-hydroxylation sites is 1. The molecule has 148 valence electrons. The van der Waals surface area contributed by atoms with Gasteiger partial charge in [0.2, 0.25) is 11.1 Å². The molecule has 1 aliphatic heterocycles. The number of morpholine rings is 1. The number of benzene rings is 1. The molecule has 4 aromatic rings. The Kier molecular flexibility index (Phi) is 4.66. The van der Waals surface area contributed by atoms with Gasteiger partial charge in [0.1, 0.15) is 10.9 Å². The molecule has 1 aromatic carbocycles. The summed E-state index contributed by atoms with van der Waals surface area (Å²) < 4.78 is 7.50. The smallest absolute Gasteiger partial charge is 0.263 e. The maximum Gasteiger partial charge on any atom is 0.263 e. The molecule has 1 aliphatic rings. The Hall–Kier alpha value is -3.31. The highest BCUT2D eigenvalue weighted by molar-refractivity contribution is 7.13. The lowest BCUT2D eigenvalue weighted by Gasteiger charge is -2.32. The SMILES string of the molecule is O=c1[nH]c(NC[C@H]2CN(c3nncs3)CCO2)nc2c1cnn2-c1ccccc1. The van der Waals surface area contributed by atoms with Crippen LogP contribution in [0.15, 0.2) is 46.8 Å². The van der Waals surface area contributed by atoms with E-state index in [2.05, 4.69) is 35.5 Å². The van der Waals surface area contributed by atoms with E-state index in [0.29, 0.717) is 36.7 Å². The molecule has 0 spiro atoms. The van der Waals surface area contributed by atoms with Crippen molar-refractivity contribution in [2.45, 2.75) is 6.10 Å². The van der Waals surface area contributed by atoms with Gasteiger partial charge in [0, 0.05) is 19.6 Å². The highest BCUT2D eigenvalue weighted by Crippen LogP contribution is 2.19. The largest absolute Gasteiger partial charge is 0.373 e. The summed E-state index contributed by atoms with van der Waals surface area (Å²) >= 11 is 1.51. The summed E-state index contributed by atoms with van der Waals surface area (Å²) in [5.41, 5.74) is 2.83. The van der Waals surface area contributed by atoms with E-state index in [4.69, 9.17) is 4.74 Å². The number of hydrogen-bond acceptors (Lipinski definition) is 9. The van der Waals surface area contributed by atoms with Crippen LogP contribution in [0.5, 0.6) is 0 Å². The zero-order chi connectivity index (χ0) is 19.6. The number of nitrogens with one attached hydrogen (secondary N) is 2. The summed E-state index contributed by atoms with van der Waals surface area (Å²) in [6.45, 7) is 2.58. The highest BCUT2D eigenvalue weighted by Gasteiger charge is 2.22. The Morgan fingerprint density at radius 3 is 3.03 bits per heavy atom. The highest BCUT2D eigenvalue weighted by atomic mass is 32.1. The van der Waals surface area contributed by atoms with Crippen LogP contribution in [0, 0.1) is 0 Å². The number of anilines is 2. The van der Waals surface area contributed by atoms with Crippen LogP contribution in [0.3, 0.4) is 0 Å². The molecular weight excluding hydrogens is 392 g/mol. The summed E-state index contributed by atoms with van der Waals surface area (Å²) in [5, 5.41) is 16.9. The lowest BCUT2D eigenvalue weighted by molar-refractivity contribution is 0.0491. The Balaban J connectivity index is 1.35. The summed E-state index contributed by atoms with van der Waals surface area (Å²) in [5.74, 6) is 0.386. The van der Waals surface area contributed by atoms with Gasteiger partial charge in [0.15, 0.2) is 5.65 Å². The molecule has 0 aliphatic carbocycles. The maximum atomic E-state index is 12.5. The van der Waals surface area contributed by atoms with Crippen molar-refractivity contribution in [3.05, 3.63) is 52.4 Å². The first-order valence-corrected chi connectivity index (χ1v) is 10.1. The van der Waals surface area contributed by atoms with E-state index in [0.717, 1.165) is 17.4 Å². The van der Waals surface area contributed by atoms with Gasteiger partial charge in [-0.15, -0.1) is 10.2 Å². The molecule has 1 fully saturated rings. The van der Waals surface area contributed by atoms with E-state index in [1.54, 1.807) is 10.2 Å². The van der Waals surface area contributed by atoms with E-state index >= 15 is 0 Å². The van der Waals surface area contributed by atoms with E-state index in [1.807, 2.05) is 30.3 Å². The molecule has 29 heavy (non-hydrogen) atoms. The third-order valence-corrected chi connectivity index (χ3v) is 5.44. The number of ether oxygens (including phenoxy) is 1. The average molecular weight is 410 g/mol. The standard InChI is InChI=1S/C18H18N8O2S/c27-16-14-9-21-26(12-4-2-1-3-5-12)15(14)22-17(23-16)19-8-13-10-25(6-7-28-13)18-24-20-11-29-18/h1-5,9,11,13H,6-8,10H2,(H2,19,22,23,27)/t13-/m0/s1. The van der Waals surface area contributed by atoms with Gasteiger partial charge in [0.25, 0.3) is 5.56 Å². The molecule has 4 heterocycles. The minimum atomic E-state index is -0.236. The van der Waals surface area contributed by atoms with Crippen LogP contribution in [0.25, 0.3) is 16.7 Å². The molecule has 5 rings (SSSR count). The van der Waals surface area contributed by atoms with Crippen LogP contribution < -0.4 is 15.8 Å². The van der Waals surface area contributed by atoms with Crippen molar-refractivity contribution in [2.75, 3.05) is 36.5 Å². The molecule has 0 amide bonds. The number of rotatable bonds is 5. The lowest BCUT2D eigenvalue weighted by Crippen LogP contribution is -2.45. The van der Waals surface area contributed by atoms with Crippen molar-refractivity contribution in [3.63, 3.8) is 0 Å². The predicted octanol–water partition coefficient (Wildman–Crippen LogP) is 1.28. The summed E-state index contributed by atoms with van der Waals surface area (Å²) in [6.07, 6.45) is 1.47. The molecule has 0 unspecified atom stereocenters. The van der Waals surface area contributed by atoms with Crippen LogP contribution in [0.2, 0.25) is 0 Å². The number of aromatic amines is 1. The van der Waals surface area contributed by atoms with Crippen molar-refractivity contribution in [1.82, 2.24) is 29.9 Å². The quantitative estimate of drug-likeness (QED) is 0.506. The van der Waals surface area contributed by atoms with E-state index in [-0.39, 0.29) is 11.7 Å². The normalized spacial score (nSPS) is 17.0. The molecule has 1 saturated heterocycles. The Morgan fingerprint density at radius 2 is 2.21 bits per heavy atom. The molecule has 0 radical (unpaired) electrons. The number of H-pyrrole nitrogens is 1. The van der Waals surface area contributed by atoms with E-state index < -0.39 is 0 Å². The van der Waals surface area contributed by atoms with Gasteiger partial charge < -0.3 is 15.0 Å². The number of nitrogens with zero attached hydrogens (tertiary/aromatic N) is 6.